The molecular formula is C12H18N2O. The van der Waals surface area contributed by atoms with Crippen LogP contribution in [-0.2, 0) is 0 Å². The van der Waals surface area contributed by atoms with Gasteiger partial charge in [0.05, 0.1) is 0 Å². The van der Waals surface area contributed by atoms with Crippen molar-refractivity contribution in [2.24, 2.45) is 0 Å². The van der Waals surface area contributed by atoms with Gasteiger partial charge in [0.2, 0.25) is 0 Å². The van der Waals surface area contributed by atoms with Crippen molar-refractivity contribution >= 4 is 5.78 Å². The molecule has 0 bridgehead atoms. The smallest absolute Gasteiger partial charge is 0.179 e. The molecule has 1 saturated carbocycles. The van der Waals surface area contributed by atoms with E-state index in [4.69, 9.17) is 0 Å². The molecule has 0 radical (unpaired) electrons. The highest BCUT2D eigenvalue weighted by Gasteiger charge is 2.22. The van der Waals surface area contributed by atoms with Gasteiger partial charge < -0.3 is 4.98 Å². The van der Waals surface area contributed by atoms with Gasteiger partial charge in [-0.2, -0.15) is 0 Å². The number of hydrogen-bond acceptors (Lipinski definition) is 2. The summed E-state index contributed by atoms with van der Waals surface area (Å²) in [5.74, 6) is 1.47. The second kappa shape index (κ2) is 4.17. The van der Waals surface area contributed by atoms with Crippen molar-refractivity contribution in [2.45, 2.75) is 51.9 Å². The second-order valence-corrected chi connectivity index (χ2v) is 4.48. The van der Waals surface area contributed by atoms with Crippen LogP contribution in [0.2, 0.25) is 0 Å². The summed E-state index contributed by atoms with van der Waals surface area (Å²) in [6.45, 7) is 3.51. The fraction of sp³-hybridized carbons (Fsp3) is 0.667. The van der Waals surface area contributed by atoms with Gasteiger partial charge in [-0.3, -0.25) is 4.79 Å². The van der Waals surface area contributed by atoms with Crippen molar-refractivity contribution in [3.05, 3.63) is 17.2 Å². The number of carbonyl (C=O) groups excluding carboxylic acids is 1. The number of aromatic amines is 1. The molecule has 3 heteroatoms. The largest absolute Gasteiger partial charge is 0.345 e. The van der Waals surface area contributed by atoms with Gasteiger partial charge >= 0.3 is 0 Å². The Labute approximate surface area is 90.3 Å². The first-order valence-corrected chi connectivity index (χ1v) is 5.76. The van der Waals surface area contributed by atoms with Gasteiger partial charge in [0, 0.05) is 18.5 Å². The third-order valence-corrected chi connectivity index (χ3v) is 3.20. The number of aryl methyl sites for hydroxylation is 1. The standard InChI is InChI=1S/C12H18N2O/c1-8(15)11-12(14-9(2)13-11)10-6-4-3-5-7-10/h10H,3-7H2,1-2H3,(H,13,14). The van der Waals surface area contributed by atoms with Crippen LogP contribution in [0, 0.1) is 6.92 Å². The van der Waals surface area contributed by atoms with Crippen LogP contribution in [0.3, 0.4) is 0 Å². The molecular weight excluding hydrogens is 188 g/mol. The Morgan fingerprint density at radius 2 is 2.00 bits per heavy atom. The van der Waals surface area contributed by atoms with Gasteiger partial charge in [-0.1, -0.05) is 19.3 Å². The number of H-pyrrole nitrogens is 1. The van der Waals surface area contributed by atoms with E-state index in [2.05, 4.69) is 9.97 Å². The number of Topliss-reactive ketones (excluding diaryl/α,β-unsaturated/α-hetero) is 1. The van der Waals surface area contributed by atoms with E-state index in [9.17, 15) is 4.79 Å². The van der Waals surface area contributed by atoms with Crippen LogP contribution in [0.15, 0.2) is 0 Å². The zero-order chi connectivity index (χ0) is 10.8. The average Bonchev–Trinajstić information content (AvgIpc) is 2.62. The number of hydrogen-bond donors (Lipinski definition) is 1. The lowest BCUT2D eigenvalue weighted by molar-refractivity contribution is 0.101. The number of imidazole rings is 1. The molecule has 0 spiro atoms. The first kappa shape index (κ1) is 10.4. The van der Waals surface area contributed by atoms with Crippen molar-refractivity contribution in [2.75, 3.05) is 0 Å². The lowest BCUT2D eigenvalue weighted by atomic mass is 9.86. The third kappa shape index (κ3) is 2.11. The van der Waals surface area contributed by atoms with Crippen LogP contribution in [0.25, 0.3) is 0 Å². The molecule has 0 atom stereocenters. The molecule has 1 aliphatic carbocycles. The molecule has 1 heterocycles. The quantitative estimate of drug-likeness (QED) is 0.756. The van der Waals surface area contributed by atoms with E-state index in [1.165, 1.54) is 32.1 Å². The van der Waals surface area contributed by atoms with Crippen LogP contribution in [0.4, 0.5) is 0 Å². The molecule has 3 nitrogen and oxygen atoms in total. The minimum atomic E-state index is 0.0833. The number of nitrogens with one attached hydrogen (secondary N) is 1. The molecule has 0 aromatic carbocycles. The number of nitrogens with zero attached hydrogens (tertiary/aromatic N) is 1. The summed E-state index contributed by atoms with van der Waals surface area (Å²) in [5.41, 5.74) is 1.75. The van der Waals surface area contributed by atoms with Gasteiger partial charge in [-0.15, -0.1) is 0 Å². The van der Waals surface area contributed by atoms with Crippen molar-refractivity contribution in [3.8, 4) is 0 Å². The molecule has 0 amide bonds. The number of ketones is 1. The molecule has 0 unspecified atom stereocenters. The van der Waals surface area contributed by atoms with Crippen LogP contribution in [0.1, 0.15) is 67.0 Å². The maximum atomic E-state index is 11.4. The highest BCUT2D eigenvalue weighted by Crippen LogP contribution is 2.33. The van der Waals surface area contributed by atoms with E-state index in [-0.39, 0.29) is 5.78 Å². The summed E-state index contributed by atoms with van der Waals surface area (Å²) in [6.07, 6.45) is 6.28. The van der Waals surface area contributed by atoms with E-state index in [1.807, 2.05) is 6.92 Å². The van der Waals surface area contributed by atoms with Gasteiger partial charge in [-0.25, -0.2) is 4.98 Å². The SMILES string of the molecule is CC(=O)c1nc(C)[nH]c1C1CCCCC1. The van der Waals surface area contributed by atoms with E-state index >= 15 is 0 Å². The molecule has 82 valence electrons. The first-order chi connectivity index (χ1) is 7.18. The zero-order valence-electron chi connectivity index (χ0n) is 9.47. The van der Waals surface area contributed by atoms with E-state index < -0.39 is 0 Å². The Bertz CT molecular complexity index is 362. The van der Waals surface area contributed by atoms with Crippen LogP contribution in [-0.4, -0.2) is 15.8 Å². The minimum absolute atomic E-state index is 0.0833. The fourth-order valence-corrected chi connectivity index (χ4v) is 2.47. The third-order valence-electron chi connectivity index (χ3n) is 3.20. The molecule has 2 rings (SSSR count). The molecule has 1 N–H and O–H groups in total. The van der Waals surface area contributed by atoms with Crippen LogP contribution >= 0.6 is 0 Å². The predicted molar refractivity (Wildman–Crippen MR) is 59.2 cm³/mol. The summed E-state index contributed by atoms with van der Waals surface area (Å²) in [4.78, 5) is 19.0. The zero-order valence-corrected chi connectivity index (χ0v) is 9.47. The topological polar surface area (TPSA) is 45.8 Å². The molecule has 0 aliphatic heterocycles. The van der Waals surface area contributed by atoms with E-state index in [0.717, 1.165) is 11.5 Å². The Kier molecular flexibility index (Phi) is 2.89. The molecule has 0 saturated heterocycles. The van der Waals surface area contributed by atoms with Gasteiger partial charge in [0.15, 0.2) is 5.78 Å². The molecule has 15 heavy (non-hydrogen) atoms. The molecule has 1 fully saturated rings. The van der Waals surface area contributed by atoms with Gasteiger partial charge in [0.1, 0.15) is 11.5 Å². The van der Waals surface area contributed by atoms with Crippen LogP contribution < -0.4 is 0 Å². The Morgan fingerprint density at radius 3 is 2.60 bits per heavy atom. The Morgan fingerprint density at radius 1 is 1.33 bits per heavy atom. The minimum Gasteiger partial charge on any atom is -0.345 e. The second-order valence-electron chi connectivity index (χ2n) is 4.48. The molecule has 1 aromatic rings. The first-order valence-electron chi connectivity index (χ1n) is 5.76. The van der Waals surface area contributed by atoms with Gasteiger partial charge in [-0.05, 0) is 19.8 Å². The fourth-order valence-electron chi connectivity index (χ4n) is 2.47. The Hall–Kier alpha value is -1.12. The lowest BCUT2D eigenvalue weighted by Gasteiger charge is -2.20. The van der Waals surface area contributed by atoms with Crippen molar-refractivity contribution in [3.63, 3.8) is 0 Å². The number of rotatable bonds is 2. The van der Waals surface area contributed by atoms with Gasteiger partial charge in [0.25, 0.3) is 0 Å². The molecule has 1 aliphatic rings. The maximum absolute atomic E-state index is 11.4. The lowest BCUT2D eigenvalue weighted by Crippen LogP contribution is -2.09. The maximum Gasteiger partial charge on any atom is 0.179 e. The Balaban J connectivity index is 2.28. The highest BCUT2D eigenvalue weighted by atomic mass is 16.1. The van der Waals surface area contributed by atoms with E-state index in [0.29, 0.717) is 11.6 Å². The highest BCUT2D eigenvalue weighted by molar-refractivity contribution is 5.93. The summed E-state index contributed by atoms with van der Waals surface area (Å²) in [6, 6.07) is 0. The van der Waals surface area contributed by atoms with Crippen molar-refractivity contribution in [1.82, 2.24) is 9.97 Å². The molecule has 1 aromatic heterocycles. The summed E-state index contributed by atoms with van der Waals surface area (Å²) >= 11 is 0. The number of carbonyl (C=O) groups is 1. The monoisotopic (exact) mass is 206 g/mol. The number of aromatic nitrogens is 2. The summed E-state index contributed by atoms with van der Waals surface area (Å²) < 4.78 is 0. The van der Waals surface area contributed by atoms with Crippen molar-refractivity contribution in [1.29, 1.82) is 0 Å². The summed E-state index contributed by atoms with van der Waals surface area (Å²) in [5, 5.41) is 0. The average molecular weight is 206 g/mol. The van der Waals surface area contributed by atoms with Crippen LogP contribution in [0.5, 0.6) is 0 Å². The summed E-state index contributed by atoms with van der Waals surface area (Å²) in [7, 11) is 0. The van der Waals surface area contributed by atoms with E-state index in [1.54, 1.807) is 6.92 Å². The van der Waals surface area contributed by atoms with Crippen molar-refractivity contribution < 1.29 is 4.79 Å². The predicted octanol–water partition coefficient (Wildman–Crippen LogP) is 2.97. The normalized spacial score (nSPS) is 18.0.